The molecule has 1 aromatic carbocycles. The molecule has 4 aliphatic rings. The highest BCUT2D eigenvalue weighted by Crippen LogP contribution is 2.51. The van der Waals surface area contributed by atoms with Crippen LogP contribution in [0.2, 0.25) is 0 Å². The molecule has 1 aromatic rings. The third-order valence-corrected chi connectivity index (χ3v) is 5.80. The summed E-state index contributed by atoms with van der Waals surface area (Å²) in [4.78, 5) is 36.5. The first-order chi connectivity index (χ1) is 13.4. The molecular weight excluding hydrogens is 376 g/mol. The van der Waals surface area contributed by atoms with Gasteiger partial charge in [0, 0.05) is 6.42 Å². The van der Waals surface area contributed by atoms with Gasteiger partial charge in [-0.1, -0.05) is 5.64 Å². The predicted octanol–water partition coefficient (Wildman–Crippen LogP) is 1.46. The Morgan fingerprint density at radius 1 is 1.11 bits per heavy atom. The summed E-state index contributed by atoms with van der Waals surface area (Å²) in [7, 11) is 0. The number of fused-ring (bicyclic) bond motifs is 2. The lowest BCUT2D eigenvalue weighted by atomic mass is 9.81. The lowest BCUT2D eigenvalue weighted by Gasteiger charge is -2.44. The van der Waals surface area contributed by atoms with Gasteiger partial charge in [0.05, 0.1) is 29.7 Å². The number of nitrogens with zero attached hydrogens (tertiary/aromatic N) is 1. The van der Waals surface area contributed by atoms with E-state index in [4.69, 9.17) is 14.4 Å². The minimum atomic E-state index is -3.15. The van der Waals surface area contributed by atoms with Crippen molar-refractivity contribution in [3.05, 3.63) is 28.8 Å². The summed E-state index contributed by atoms with van der Waals surface area (Å²) >= 11 is 0. The highest BCUT2D eigenvalue weighted by molar-refractivity contribution is 6.21. The Morgan fingerprint density at radius 3 is 2.50 bits per heavy atom. The summed E-state index contributed by atoms with van der Waals surface area (Å²) in [5.74, 6) is -4.42. The number of hydrogen-bond donors (Lipinski definition) is 2. The molecule has 0 bridgehead atoms. The third-order valence-electron chi connectivity index (χ3n) is 5.80. The fraction of sp³-hybridized carbons (Fsp3) is 0.556. The van der Waals surface area contributed by atoms with E-state index in [0.717, 1.165) is 11.0 Å². The number of hydrogen-bond acceptors (Lipinski definition) is 7. The maximum atomic E-state index is 15.0. The Kier molecular flexibility index (Phi) is 3.96. The largest absolute Gasteiger partial charge is 0.486 e. The Balaban J connectivity index is 1.54. The first-order valence-electron chi connectivity index (χ1n) is 9.27. The van der Waals surface area contributed by atoms with E-state index in [2.05, 4.69) is 11.0 Å². The van der Waals surface area contributed by atoms with Crippen molar-refractivity contribution >= 4 is 11.8 Å². The number of amides is 2. The van der Waals surface area contributed by atoms with Crippen LogP contribution in [0, 0.1) is 0 Å². The third kappa shape index (κ3) is 2.63. The molecule has 10 heteroatoms. The molecule has 1 spiro atoms. The van der Waals surface area contributed by atoms with E-state index in [9.17, 15) is 9.59 Å². The molecule has 0 saturated carbocycles. The number of rotatable bonds is 1. The van der Waals surface area contributed by atoms with Crippen molar-refractivity contribution in [3.63, 3.8) is 0 Å². The number of piperidine rings is 1. The van der Waals surface area contributed by atoms with Crippen molar-refractivity contribution in [2.24, 2.45) is 0 Å². The Hall–Kier alpha value is -2.14. The molecule has 2 saturated heterocycles. The van der Waals surface area contributed by atoms with E-state index < -0.39 is 36.0 Å². The molecule has 1 atom stereocenters. The number of benzene rings is 1. The van der Waals surface area contributed by atoms with Crippen LogP contribution in [0.15, 0.2) is 12.1 Å². The second-order valence-electron chi connectivity index (χ2n) is 7.58. The monoisotopic (exact) mass is 395 g/mol. The second-order valence-corrected chi connectivity index (χ2v) is 7.58. The molecule has 8 nitrogen and oxygen atoms in total. The van der Waals surface area contributed by atoms with Gasteiger partial charge in [0.15, 0.2) is 6.23 Å². The topological polar surface area (TPSA) is 89.1 Å². The zero-order valence-corrected chi connectivity index (χ0v) is 14.9. The highest BCUT2D eigenvalue weighted by atomic mass is 19.3. The molecule has 5 rings (SSSR count). The lowest BCUT2D eigenvalue weighted by Crippen LogP contribution is -2.51. The van der Waals surface area contributed by atoms with Gasteiger partial charge in [-0.25, -0.2) is 13.7 Å². The molecule has 2 fully saturated rings. The summed E-state index contributed by atoms with van der Waals surface area (Å²) in [6.45, 7) is 1.43. The van der Waals surface area contributed by atoms with Crippen LogP contribution in [0.4, 0.5) is 8.78 Å². The summed E-state index contributed by atoms with van der Waals surface area (Å²) in [5, 5.41) is 3.14. The first kappa shape index (κ1) is 17.9. The van der Waals surface area contributed by atoms with Gasteiger partial charge < -0.3 is 10.1 Å². The molecular formula is C18H19F2N3O5. The Bertz CT molecular complexity index is 850. The number of halogens is 2. The molecule has 0 aromatic heterocycles. The second kappa shape index (κ2) is 6.18. The summed E-state index contributed by atoms with van der Waals surface area (Å²) in [5.41, 5.74) is 0.887. The van der Waals surface area contributed by atoms with Crippen LogP contribution in [0.3, 0.4) is 0 Å². The van der Waals surface area contributed by atoms with Crippen LogP contribution >= 0.6 is 0 Å². The van der Waals surface area contributed by atoms with Crippen molar-refractivity contribution in [2.75, 3.05) is 19.7 Å². The number of nitrogens with one attached hydrogen (secondary N) is 2. The molecule has 150 valence electrons. The van der Waals surface area contributed by atoms with Gasteiger partial charge in [0.25, 0.3) is 17.7 Å². The highest BCUT2D eigenvalue weighted by Gasteiger charge is 2.53. The lowest BCUT2D eigenvalue weighted by molar-refractivity contribution is -0.259. The first-order valence-corrected chi connectivity index (χ1v) is 9.27. The van der Waals surface area contributed by atoms with Crippen LogP contribution in [-0.2, 0) is 15.6 Å². The average molecular weight is 395 g/mol. The standard InChI is InChI=1S/C18H19F2N3O5/c19-18(20)9-17(2-4-21-5-3-17)27-13-8-11-10(7-12(13)18)15(24)23(16(11)25)14-1-6-26-22-28-14/h7-8,14,21-22H,1-6,9H2. The van der Waals surface area contributed by atoms with Crippen molar-refractivity contribution in [3.8, 4) is 5.75 Å². The predicted molar refractivity (Wildman–Crippen MR) is 89.5 cm³/mol. The van der Waals surface area contributed by atoms with E-state index in [1.165, 1.54) is 6.07 Å². The van der Waals surface area contributed by atoms with E-state index in [1.54, 1.807) is 0 Å². The Morgan fingerprint density at radius 2 is 1.82 bits per heavy atom. The van der Waals surface area contributed by atoms with Crippen molar-refractivity contribution in [2.45, 2.75) is 43.4 Å². The maximum Gasteiger partial charge on any atom is 0.280 e. The normalized spacial score (nSPS) is 28.1. The van der Waals surface area contributed by atoms with Crippen molar-refractivity contribution in [1.82, 2.24) is 15.9 Å². The van der Waals surface area contributed by atoms with Crippen LogP contribution < -0.4 is 15.7 Å². The molecule has 2 N–H and O–H groups in total. The number of carbonyl (C=O) groups excluding carboxylic acids is 2. The average Bonchev–Trinajstić information content (AvgIpc) is 2.91. The molecule has 2 amide bonds. The van der Waals surface area contributed by atoms with E-state index >= 15 is 8.78 Å². The fourth-order valence-corrected chi connectivity index (χ4v) is 4.38. The van der Waals surface area contributed by atoms with Crippen LogP contribution in [-0.4, -0.2) is 48.2 Å². The zero-order chi connectivity index (χ0) is 19.5. The van der Waals surface area contributed by atoms with Gasteiger partial charge >= 0.3 is 0 Å². The number of ether oxygens (including phenoxy) is 1. The number of alkyl halides is 2. The quantitative estimate of drug-likeness (QED) is 0.696. The Labute approximate surface area is 159 Å². The molecule has 0 radical (unpaired) electrons. The molecule has 1 unspecified atom stereocenters. The fourth-order valence-electron chi connectivity index (χ4n) is 4.38. The maximum absolute atomic E-state index is 15.0. The van der Waals surface area contributed by atoms with Gasteiger partial charge in [-0.3, -0.25) is 19.3 Å². The van der Waals surface area contributed by atoms with Gasteiger partial charge in [-0.15, -0.1) is 0 Å². The molecule has 0 aliphatic carbocycles. The summed E-state index contributed by atoms with van der Waals surface area (Å²) < 4.78 is 36.0. The summed E-state index contributed by atoms with van der Waals surface area (Å²) in [6, 6.07) is 2.39. The van der Waals surface area contributed by atoms with Crippen molar-refractivity contribution < 1.29 is 32.8 Å². The van der Waals surface area contributed by atoms with Gasteiger partial charge in [-0.05, 0) is 38.1 Å². The van der Waals surface area contributed by atoms with Crippen LogP contribution in [0.1, 0.15) is 52.0 Å². The number of imide groups is 1. The number of carbonyl (C=O) groups is 2. The SMILES string of the molecule is O=C1c2cc3c(cc2C(=O)N1C1CCONO1)C(F)(F)CC1(CCNCC1)O3. The smallest absolute Gasteiger partial charge is 0.280 e. The minimum Gasteiger partial charge on any atom is -0.486 e. The molecule has 4 aliphatic heterocycles. The zero-order valence-electron chi connectivity index (χ0n) is 14.9. The molecule has 4 heterocycles. The van der Waals surface area contributed by atoms with Gasteiger partial charge in [0.1, 0.15) is 11.4 Å². The summed E-state index contributed by atoms with van der Waals surface area (Å²) in [6.07, 6.45) is -0.109. The molecule has 28 heavy (non-hydrogen) atoms. The van der Waals surface area contributed by atoms with Gasteiger partial charge in [-0.2, -0.15) is 0 Å². The van der Waals surface area contributed by atoms with Crippen LogP contribution in [0.25, 0.3) is 0 Å². The van der Waals surface area contributed by atoms with E-state index in [-0.39, 0.29) is 35.5 Å². The van der Waals surface area contributed by atoms with E-state index in [1.807, 2.05) is 0 Å². The van der Waals surface area contributed by atoms with Gasteiger partial charge in [0.2, 0.25) is 0 Å². The van der Waals surface area contributed by atoms with Crippen LogP contribution in [0.5, 0.6) is 5.75 Å². The van der Waals surface area contributed by atoms with E-state index in [0.29, 0.717) is 25.9 Å². The minimum absolute atomic E-state index is 0.0223. The van der Waals surface area contributed by atoms with Crippen molar-refractivity contribution in [1.29, 1.82) is 0 Å².